The van der Waals surface area contributed by atoms with E-state index in [4.69, 9.17) is 4.74 Å². The smallest absolute Gasteiger partial charge is 0.329 e. The molecule has 0 radical (unpaired) electrons. The molecule has 2 unspecified atom stereocenters. The summed E-state index contributed by atoms with van der Waals surface area (Å²) < 4.78 is 5.68. The van der Waals surface area contributed by atoms with Crippen molar-refractivity contribution in [2.45, 2.75) is 44.8 Å². The van der Waals surface area contributed by atoms with Gasteiger partial charge >= 0.3 is 5.97 Å². The molecule has 7 nitrogen and oxygen atoms in total. The van der Waals surface area contributed by atoms with Gasteiger partial charge in [-0.05, 0) is 43.2 Å². The van der Waals surface area contributed by atoms with E-state index in [0.29, 0.717) is 30.7 Å². The SMILES string of the molecule is CCCC(C)(NC(=O)c1cccc(NC(=O)C2Cc3ccccc3O2)c1)C(=O)O. The summed E-state index contributed by atoms with van der Waals surface area (Å²) in [6, 6.07) is 13.9. The number of fused-ring (bicyclic) bond motifs is 1. The molecule has 7 heteroatoms. The first-order valence-electron chi connectivity index (χ1n) is 9.54. The number of hydrogen-bond donors (Lipinski definition) is 3. The minimum atomic E-state index is -1.35. The van der Waals surface area contributed by atoms with Crippen LogP contribution in [0.15, 0.2) is 48.5 Å². The summed E-state index contributed by atoms with van der Waals surface area (Å²) in [6.45, 7) is 3.34. The van der Waals surface area contributed by atoms with Crippen LogP contribution in [0.5, 0.6) is 5.75 Å². The number of rotatable bonds is 7. The number of benzene rings is 2. The first kappa shape index (κ1) is 20.4. The van der Waals surface area contributed by atoms with Crippen LogP contribution in [0.4, 0.5) is 5.69 Å². The van der Waals surface area contributed by atoms with Gasteiger partial charge in [0.1, 0.15) is 11.3 Å². The molecular weight excluding hydrogens is 372 g/mol. The number of carbonyl (C=O) groups is 3. The Labute approximate surface area is 169 Å². The Morgan fingerprint density at radius 1 is 1.17 bits per heavy atom. The van der Waals surface area contributed by atoms with E-state index in [1.165, 1.54) is 13.0 Å². The first-order chi connectivity index (χ1) is 13.8. The number of aliphatic carboxylic acids is 1. The summed E-state index contributed by atoms with van der Waals surface area (Å²) in [5.41, 5.74) is 0.329. The lowest BCUT2D eigenvalue weighted by atomic mass is 9.95. The van der Waals surface area contributed by atoms with Crippen molar-refractivity contribution in [1.82, 2.24) is 5.32 Å². The van der Waals surface area contributed by atoms with Gasteiger partial charge in [-0.15, -0.1) is 0 Å². The molecule has 0 saturated heterocycles. The lowest BCUT2D eigenvalue weighted by Gasteiger charge is -2.25. The second-order valence-electron chi connectivity index (χ2n) is 7.33. The topological polar surface area (TPSA) is 105 Å². The second-order valence-corrected chi connectivity index (χ2v) is 7.33. The van der Waals surface area contributed by atoms with Crippen LogP contribution in [0, 0.1) is 0 Å². The van der Waals surface area contributed by atoms with Crippen LogP contribution in [-0.2, 0) is 16.0 Å². The largest absolute Gasteiger partial charge is 0.480 e. The van der Waals surface area contributed by atoms with Crippen LogP contribution in [0.25, 0.3) is 0 Å². The zero-order valence-electron chi connectivity index (χ0n) is 16.4. The van der Waals surface area contributed by atoms with Gasteiger partial charge in [0.2, 0.25) is 0 Å². The second kappa shape index (κ2) is 8.34. The highest BCUT2D eigenvalue weighted by atomic mass is 16.5. The molecule has 0 bridgehead atoms. The highest BCUT2D eigenvalue weighted by molar-refractivity contribution is 6.00. The molecule has 1 aliphatic heterocycles. The predicted molar refractivity (Wildman–Crippen MR) is 108 cm³/mol. The van der Waals surface area contributed by atoms with Crippen molar-refractivity contribution >= 4 is 23.5 Å². The maximum Gasteiger partial charge on any atom is 0.329 e. The van der Waals surface area contributed by atoms with E-state index in [1.54, 1.807) is 18.2 Å². The van der Waals surface area contributed by atoms with Crippen LogP contribution in [0.2, 0.25) is 0 Å². The quantitative estimate of drug-likeness (QED) is 0.667. The highest BCUT2D eigenvalue weighted by Crippen LogP contribution is 2.28. The number of carbonyl (C=O) groups excluding carboxylic acids is 2. The number of para-hydroxylation sites is 1. The normalized spacial score (nSPS) is 16.8. The third-order valence-corrected chi connectivity index (χ3v) is 4.94. The van der Waals surface area contributed by atoms with Crippen molar-refractivity contribution < 1.29 is 24.2 Å². The Bertz CT molecular complexity index is 917. The van der Waals surface area contributed by atoms with Gasteiger partial charge in [-0.25, -0.2) is 4.79 Å². The Kier molecular flexibility index (Phi) is 5.87. The molecule has 29 heavy (non-hydrogen) atoms. The van der Waals surface area contributed by atoms with Crippen molar-refractivity contribution in [2.75, 3.05) is 5.32 Å². The number of amides is 2. The number of anilines is 1. The molecule has 0 aliphatic carbocycles. The summed E-state index contributed by atoms with van der Waals surface area (Å²) >= 11 is 0. The number of carboxylic acid groups (broad SMARTS) is 1. The summed E-state index contributed by atoms with van der Waals surface area (Å²) in [5.74, 6) is -1.20. The summed E-state index contributed by atoms with van der Waals surface area (Å²) in [5, 5.41) is 14.8. The van der Waals surface area contributed by atoms with Gasteiger partial charge in [0.05, 0.1) is 0 Å². The van der Waals surface area contributed by atoms with E-state index >= 15 is 0 Å². The van der Waals surface area contributed by atoms with Crippen molar-refractivity contribution in [3.63, 3.8) is 0 Å². The van der Waals surface area contributed by atoms with Crippen LogP contribution in [0.3, 0.4) is 0 Å². The minimum Gasteiger partial charge on any atom is -0.480 e. The van der Waals surface area contributed by atoms with Crippen molar-refractivity contribution in [3.8, 4) is 5.75 Å². The van der Waals surface area contributed by atoms with Crippen LogP contribution < -0.4 is 15.4 Å². The fraction of sp³-hybridized carbons (Fsp3) is 0.318. The molecule has 0 fully saturated rings. The summed E-state index contributed by atoms with van der Waals surface area (Å²) in [7, 11) is 0. The number of hydrogen-bond acceptors (Lipinski definition) is 4. The number of nitrogens with one attached hydrogen (secondary N) is 2. The van der Waals surface area contributed by atoms with Crippen LogP contribution in [-0.4, -0.2) is 34.5 Å². The zero-order valence-corrected chi connectivity index (χ0v) is 16.4. The van der Waals surface area contributed by atoms with Gasteiger partial charge < -0.3 is 20.5 Å². The average Bonchev–Trinajstić information content (AvgIpc) is 3.12. The third-order valence-electron chi connectivity index (χ3n) is 4.94. The molecule has 0 aromatic heterocycles. The van der Waals surface area contributed by atoms with Crippen molar-refractivity contribution in [1.29, 1.82) is 0 Å². The molecule has 1 heterocycles. The Morgan fingerprint density at radius 3 is 2.62 bits per heavy atom. The minimum absolute atomic E-state index is 0.266. The molecule has 1 aliphatic rings. The fourth-order valence-electron chi connectivity index (χ4n) is 3.33. The van der Waals surface area contributed by atoms with Crippen molar-refractivity contribution in [3.05, 3.63) is 59.7 Å². The monoisotopic (exact) mass is 396 g/mol. The van der Waals surface area contributed by atoms with E-state index in [0.717, 1.165) is 5.56 Å². The van der Waals surface area contributed by atoms with Gasteiger partial charge in [-0.3, -0.25) is 9.59 Å². The zero-order chi connectivity index (χ0) is 21.0. The molecule has 2 amide bonds. The molecule has 152 valence electrons. The molecule has 2 aromatic carbocycles. The predicted octanol–water partition coefficient (Wildman–Crippen LogP) is 3.00. The Hall–Kier alpha value is -3.35. The van der Waals surface area contributed by atoms with E-state index in [-0.39, 0.29) is 11.5 Å². The van der Waals surface area contributed by atoms with Gasteiger partial charge in [0.25, 0.3) is 11.8 Å². The first-order valence-corrected chi connectivity index (χ1v) is 9.54. The molecule has 2 aromatic rings. The lowest BCUT2D eigenvalue weighted by Crippen LogP contribution is -2.52. The van der Waals surface area contributed by atoms with Gasteiger partial charge in [-0.1, -0.05) is 37.6 Å². The van der Waals surface area contributed by atoms with Gasteiger partial charge in [-0.2, -0.15) is 0 Å². The maximum atomic E-state index is 12.6. The highest BCUT2D eigenvalue weighted by Gasteiger charge is 2.34. The van der Waals surface area contributed by atoms with Gasteiger partial charge in [0, 0.05) is 17.7 Å². The Morgan fingerprint density at radius 2 is 1.93 bits per heavy atom. The maximum absolute atomic E-state index is 12.6. The summed E-state index contributed by atoms with van der Waals surface area (Å²) in [6.07, 6.45) is 0.771. The van der Waals surface area contributed by atoms with Crippen LogP contribution in [0.1, 0.15) is 42.6 Å². The molecule has 2 atom stereocenters. The molecule has 0 spiro atoms. The van der Waals surface area contributed by atoms with E-state index in [9.17, 15) is 19.5 Å². The lowest BCUT2D eigenvalue weighted by molar-refractivity contribution is -0.144. The van der Waals surface area contributed by atoms with Gasteiger partial charge in [0.15, 0.2) is 6.10 Å². The fourth-order valence-corrected chi connectivity index (χ4v) is 3.33. The average molecular weight is 396 g/mol. The number of ether oxygens (including phenoxy) is 1. The third kappa shape index (κ3) is 4.56. The van der Waals surface area contributed by atoms with E-state index in [1.807, 2.05) is 31.2 Å². The standard InChI is InChI=1S/C22H24N2O5/c1-3-11-22(2,21(27)28)24-19(25)15-8-6-9-16(12-15)23-20(26)18-13-14-7-4-5-10-17(14)29-18/h4-10,12,18H,3,11,13H2,1-2H3,(H,23,26)(H,24,25)(H,27,28). The molecule has 0 saturated carbocycles. The van der Waals surface area contributed by atoms with Crippen molar-refractivity contribution in [2.24, 2.45) is 0 Å². The molecule has 3 N–H and O–H groups in total. The number of carboxylic acids is 1. The molecular formula is C22H24N2O5. The summed E-state index contributed by atoms with van der Waals surface area (Å²) in [4.78, 5) is 36.7. The van der Waals surface area contributed by atoms with E-state index in [2.05, 4.69) is 10.6 Å². The van der Waals surface area contributed by atoms with E-state index < -0.39 is 23.5 Å². The molecule has 3 rings (SSSR count). The Balaban J connectivity index is 1.67. The van der Waals surface area contributed by atoms with Crippen LogP contribution >= 0.6 is 0 Å².